The van der Waals surface area contributed by atoms with Gasteiger partial charge in [0.05, 0.1) is 11.6 Å². The molecule has 2 N–H and O–H groups in total. The lowest BCUT2D eigenvalue weighted by Gasteiger charge is -2.04. The number of halogens is 1. The van der Waals surface area contributed by atoms with Gasteiger partial charge in [-0.3, -0.25) is 0 Å². The number of nitrogens with two attached hydrogens (primary N) is 1. The van der Waals surface area contributed by atoms with Crippen molar-refractivity contribution in [1.82, 2.24) is 0 Å². The van der Waals surface area contributed by atoms with Crippen molar-refractivity contribution in [2.24, 2.45) is 0 Å². The van der Waals surface area contributed by atoms with E-state index in [-0.39, 0.29) is 5.82 Å². The third-order valence-electron chi connectivity index (χ3n) is 2.47. The summed E-state index contributed by atoms with van der Waals surface area (Å²) < 4.78 is 13.0. The van der Waals surface area contributed by atoms with Crippen LogP contribution in [0.2, 0.25) is 0 Å². The lowest BCUT2D eigenvalue weighted by Crippen LogP contribution is -1.89. The minimum Gasteiger partial charge on any atom is -0.399 e. The Bertz CT molecular complexity index is 588. The van der Waals surface area contributed by atoms with Crippen LogP contribution in [0.3, 0.4) is 0 Å². The zero-order chi connectivity index (χ0) is 13.0. The predicted octanol–water partition coefficient (Wildman–Crippen LogP) is 3.57. The van der Waals surface area contributed by atoms with Crippen molar-refractivity contribution in [3.05, 3.63) is 59.4 Å². The standard InChI is InChI=1S/C14H11FN2S/c15-12-2-1-10(11(7-12)8-16)9-18-14-5-3-13(17)4-6-14/h1-7H,9,17H2. The molecule has 0 unspecified atom stereocenters. The second-order valence-electron chi connectivity index (χ2n) is 3.77. The van der Waals surface area contributed by atoms with Crippen molar-refractivity contribution in [1.29, 1.82) is 5.26 Å². The molecule has 0 bridgehead atoms. The van der Waals surface area contributed by atoms with Crippen LogP contribution in [0.15, 0.2) is 47.4 Å². The lowest BCUT2D eigenvalue weighted by atomic mass is 10.1. The molecule has 2 rings (SSSR count). The number of nitrogen functional groups attached to an aromatic ring is 1. The summed E-state index contributed by atoms with van der Waals surface area (Å²) in [6.07, 6.45) is 0. The predicted molar refractivity (Wildman–Crippen MR) is 71.5 cm³/mol. The largest absolute Gasteiger partial charge is 0.399 e. The Kier molecular flexibility index (Phi) is 3.85. The number of benzene rings is 2. The number of rotatable bonds is 3. The van der Waals surface area contributed by atoms with Crippen LogP contribution in [-0.2, 0) is 5.75 Å². The minimum absolute atomic E-state index is 0.382. The molecule has 2 nitrogen and oxygen atoms in total. The van der Waals surface area contributed by atoms with Crippen molar-refractivity contribution in [2.75, 3.05) is 5.73 Å². The van der Waals surface area contributed by atoms with E-state index in [1.54, 1.807) is 17.8 Å². The lowest BCUT2D eigenvalue weighted by molar-refractivity contribution is 0.627. The maximum Gasteiger partial charge on any atom is 0.124 e. The number of nitrogens with zero attached hydrogens (tertiary/aromatic N) is 1. The Hall–Kier alpha value is -1.99. The third-order valence-corrected chi connectivity index (χ3v) is 3.53. The number of anilines is 1. The van der Waals surface area contributed by atoms with E-state index in [1.807, 2.05) is 30.3 Å². The van der Waals surface area contributed by atoms with Crippen LogP contribution >= 0.6 is 11.8 Å². The summed E-state index contributed by atoms with van der Waals surface area (Å²) in [6.45, 7) is 0. The van der Waals surface area contributed by atoms with Gasteiger partial charge in [-0.05, 0) is 42.0 Å². The fourth-order valence-electron chi connectivity index (χ4n) is 1.50. The van der Waals surface area contributed by atoms with Gasteiger partial charge in [0.1, 0.15) is 5.82 Å². The Morgan fingerprint density at radius 2 is 1.89 bits per heavy atom. The quantitative estimate of drug-likeness (QED) is 0.676. The maximum atomic E-state index is 13.0. The van der Waals surface area contributed by atoms with Gasteiger partial charge in [0.25, 0.3) is 0 Å². The summed E-state index contributed by atoms with van der Waals surface area (Å²) in [6, 6.07) is 13.8. The molecule has 90 valence electrons. The molecule has 18 heavy (non-hydrogen) atoms. The molecule has 2 aromatic rings. The van der Waals surface area contributed by atoms with Crippen LogP contribution in [-0.4, -0.2) is 0 Å². The van der Waals surface area contributed by atoms with Crippen molar-refractivity contribution >= 4 is 17.4 Å². The molecule has 2 aromatic carbocycles. The average Bonchev–Trinajstić information content (AvgIpc) is 2.39. The van der Waals surface area contributed by atoms with Crippen LogP contribution < -0.4 is 5.73 Å². The summed E-state index contributed by atoms with van der Waals surface area (Å²) in [5.41, 5.74) is 7.54. The molecule has 0 saturated carbocycles. The Labute approximate surface area is 109 Å². The molecular weight excluding hydrogens is 247 g/mol. The van der Waals surface area contributed by atoms with E-state index in [1.165, 1.54) is 12.1 Å². The van der Waals surface area contributed by atoms with Crippen LogP contribution in [0.1, 0.15) is 11.1 Å². The van der Waals surface area contributed by atoms with Gasteiger partial charge in [-0.1, -0.05) is 6.07 Å². The van der Waals surface area contributed by atoms with Crippen LogP contribution in [0.5, 0.6) is 0 Å². The van der Waals surface area contributed by atoms with Gasteiger partial charge in [0.2, 0.25) is 0 Å². The number of nitriles is 1. The highest BCUT2D eigenvalue weighted by Gasteiger charge is 2.04. The van der Waals surface area contributed by atoms with E-state index in [9.17, 15) is 4.39 Å². The first-order valence-electron chi connectivity index (χ1n) is 5.36. The van der Waals surface area contributed by atoms with Crippen LogP contribution in [0.25, 0.3) is 0 Å². The zero-order valence-corrected chi connectivity index (χ0v) is 10.4. The molecule has 0 amide bonds. The summed E-state index contributed by atoms with van der Waals surface area (Å²) in [5.74, 6) is 0.250. The number of thioether (sulfide) groups is 1. The van der Waals surface area contributed by atoms with Gasteiger partial charge >= 0.3 is 0 Å². The SMILES string of the molecule is N#Cc1cc(F)ccc1CSc1ccc(N)cc1. The Morgan fingerprint density at radius 3 is 2.56 bits per heavy atom. The normalized spacial score (nSPS) is 10.0. The first kappa shape index (κ1) is 12.5. The average molecular weight is 258 g/mol. The minimum atomic E-state index is -0.382. The Balaban J connectivity index is 2.11. The van der Waals surface area contributed by atoms with Gasteiger partial charge in [-0.25, -0.2) is 4.39 Å². The van der Waals surface area contributed by atoms with E-state index in [0.29, 0.717) is 11.3 Å². The molecule has 0 radical (unpaired) electrons. The van der Waals surface area contributed by atoms with Crippen LogP contribution in [0.4, 0.5) is 10.1 Å². The molecule has 0 atom stereocenters. The van der Waals surface area contributed by atoms with Crippen LogP contribution in [0, 0.1) is 17.1 Å². The van der Waals surface area contributed by atoms with E-state index >= 15 is 0 Å². The highest BCUT2D eigenvalue weighted by Crippen LogP contribution is 2.25. The summed E-state index contributed by atoms with van der Waals surface area (Å²) in [4.78, 5) is 1.07. The van der Waals surface area contributed by atoms with E-state index in [0.717, 1.165) is 16.1 Å². The highest BCUT2D eigenvalue weighted by molar-refractivity contribution is 7.98. The molecule has 0 spiro atoms. The molecular formula is C14H11FN2S. The molecule has 0 aliphatic heterocycles. The summed E-state index contributed by atoms with van der Waals surface area (Å²) in [7, 11) is 0. The number of hydrogen-bond donors (Lipinski definition) is 1. The van der Waals surface area contributed by atoms with Crippen molar-refractivity contribution in [3.63, 3.8) is 0 Å². The van der Waals surface area contributed by atoms with Crippen molar-refractivity contribution in [2.45, 2.75) is 10.6 Å². The second kappa shape index (κ2) is 5.56. The molecule has 0 fully saturated rings. The van der Waals surface area contributed by atoms with Gasteiger partial charge in [0, 0.05) is 16.3 Å². The first-order valence-corrected chi connectivity index (χ1v) is 6.34. The molecule has 0 heterocycles. The molecule has 0 aliphatic carbocycles. The monoisotopic (exact) mass is 258 g/mol. The van der Waals surface area contributed by atoms with Gasteiger partial charge in [-0.15, -0.1) is 11.8 Å². The van der Waals surface area contributed by atoms with Gasteiger partial charge < -0.3 is 5.73 Å². The van der Waals surface area contributed by atoms with Gasteiger partial charge in [-0.2, -0.15) is 5.26 Å². The highest BCUT2D eigenvalue weighted by atomic mass is 32.2. The molecule has 4 heteroatoms. The third kappa shape index (κ3) is 3.02. The molecule has 0 aromatic heterocycles. The van der Waals surface area contributed by atoms with Crippen molar-refractivity contribution < 1.29 is 4.39 Å². The molecule has 0 aliphatic rings. The zero-order valence-electron chi connectivity index (χ0n) is 9.56. The van der Waals surface area contributed by atoms with E-state index in [4.69, 9.17) is 11.0 Å². The summed E-state index contributed by atoms with van der Waals surface area (Å²) in [5, 5.41) is 8.93. The smallest absolute Gasteiger partial charge is 0.124 e. The van der Waals surface area contributed by atoms with Crippen molar-refractivity contribution in [3.8, 4) is 6.07 Å². The fourth-order valence-corrected chi connectivity index (χ4v) is 2.41. The van der Waals surface area contributed by atoms with E-state index in [2.05, 4.69) is 0 Å². The topological polar surface area (TPSA) is 49.8 Å². The second-order valence-corrected chi connectivity index (χ2v) is 4.82. The van der Waals surface area contributed by atoms with E-state index < -0.39 is 0 Å². The number of hydrogen-bond acceptors (Lipinski definition) is 3. The summed E-state index contributed by atoms with van der Waals surface area (Å²) >= 11 is 1.59. The Morgan fingerprint density at radius 1 is 1.17 bits per heavy atom. The molecule has 0 saturated heterocycles. The van der Waals surface area contributed by atoms with Gasteiger partial charge in [0.15, 0.2) is 0 Å². The fraction of sp³-hybridized carbons (Fsp3) is 0.0714. The maximum absolute atomic E-state index is 13.0. The first-order chi connectivity index (χ1) is 8.69.